The standard InChI is InChI=1S/C42H43N5O5S2/c1-27-6-12-34(43-25-27)40(29-14-16-47(17-15-29)42(48)49)44-30-9-13-36-38(22-30)53-37-5-3-4-33(41(37)54-36)35-23-31(46-18-20-51-21-19-46)24-39(45-35)52-26-28-7-10-32(50-2)11-8-28/h3-13,22-25,29,40,44H,14-21,26H2,1-2H3,(H,48,49). The highest BCUT2D eigenvalue weighted by molar-refractivity contribution is 8.05. The molecule has 278 valence electrons. The Hall–Kier alpha value is -4.91. The van der Waals surface area contributed by atoms with Crippen molar-refractivity contribution in [1.29, 1.82) is 0 Å². The Morgan fingerprint density at radius 1 is 0.944 bits per heavy atom. The molecule has 3 aliphatic rings. The van der Waals surface area contributed by atoms with E-state index in [4.69, 9.17) is 24.2 Å². The number of carbonyl (C=O) groups is 1. The van der Waals surface area contributed by atoms with Gasteiger partial charge in [0, 0.05) is 75.0 Å². The molecule has 2 aromatic heterocycles. The first-order valence-corrected chi connectivity index (χ1v) is 19.9. The number of rotatable bonds is 10. The topological polar surface area (TPSA) is 109 Å². The number of likely N-dealkylation sites (tertiary alicyclic amines) is 1. The maximum Gasteiger partial charge on any atom is 0.407 e. The predicted octanol–water partition coefficient (Wildman–Crippen LogP) is 9.04. The monoisotopic (exact) mass is 761 g/mol. The summed E-state index contributed by atoms with van der Waals surface area (Å²) in [6.45, 7) is 6.49. The summed E-state index contributed by atoms with van der Waals surface area (Å²) in [5, 5.41) is 13.4. The summed E-state index contributed by atoms with van der Waals surface area (Å²) in [6.07, 6.45) is 2.62. The molecule has 3 aromatic carbocycles. The van der Waals surface area contributed by atoms with E-state index in [1.807, 2.05) is 43.5 Å². The lowest BCUT2D eigenvalue weighted by Gasteiger charge is -2.35. The van der Waals surface area contributed by atoms with Crippen LogP contribution in [0.5, 0.6) is 11.6 Å². The molecule has 2 saturated heterocycles. The number of fused-ring (bicyclic) bond motifs is 2. The van der Waals surface area contributed by atoms with Gasteiger partial charge in [0.2, 0.25) is 5.88 Å². The SMILES string of the molecule is COc1ccc(COc2cc(N3CCOCC3)cc(-c3cccc4c3Sc3ccc(NC(c5ccc(C)cn5)C5CCN(C(=O)O)CC5)cc3S4)n2)cc1. The number of hydrogen-bond donors (Lipinski definition) is 2. The molecule has 12 heteroatoms. The third-order valence-electron chi connectivity index (χ3n) is 10.2. The average molecular weight is 762 g/mol. The van der Waals surface area contributed by atoms with Gasteiger partial charge < -0.3 is 34.4 Å². The lowest BCUT2D eigenvalue weighted by molar-refractivity contribution is 0.121. The minimum atomic E-state index is -0.849. The minimum absolute atomic E-state index is 0.0364. The molecule has 8 rings (SSSR count). The first kappa shape index (κ1) is 36.1. The van der Waals surface area contributed by atoms with Crippen LogP contribution in [-0.2, 0) is 11.3 Å². The molecular formula is C42H43N5O5S2. The number of piperidine rings is 1. The van der Waals surface area contributed by atoms with Crippen molar-refractivity contribution in [3.63, 3.8) is 0 Å². The van der Waals surface area contributed by atoms with Crippen molar-refractivity contribution in [3.05, 3.63) is 108 Å². The maximum atomic E-state index is 11.6. The second-order valence-electron chi connectivity index (χ2n) is 13.8. The number of benzene rings is 3. The van der Waals surface area contributed by atoms with Crippen LogP contribution in [0.15, 0.2) is 111 Å². The number of hydrogen-bond acceptors (Lipinski definition) is 10. The van der Waals surface area contributed by atoms with Crippen LogP contribution < -0.4 is 19.7 Å². The largest absolute Gasteiger partial charge is 0.497 e. The summed E-state index contributed by atoms with van der Waals surface area (Å²) >= 11 is 3.54. The zero-order valence-corrected chi connectivity index (χ0v) is 32.0. The van der Waals surface area contributed by atoms with Crippen molar-refractivity contribution in [2.45, 2.75) is 52.0 Å². The molecule has 2 fully saturated rings. The smallest absolute Gasteiger partial charge is 0.407 e. The number of carboxylic acid groups (broad SMARTS) is 1. The lowest BCUT2D eigenvalue weighted by atomic mass is 9.87. The fraction of sp³-hybridized carbons (Fsp3) is 0.310. The molecule has 1 atom stereocenters. The summed E-state index contributed by atoms with van der Waals surface area (Å²) in [5.74, 6) is 1.65. The molecule has 0 radical (unpaired) electrons. The van der Waals surface area contributed by atoms with Crippen LogP contribution in [-0.4, -0.2) is 72.6 Å². The Balaban J connectivity index is 1.05. The van der Waals surface area contributed by atoms with Crippen LogP contribution in [0.25, 0.3) is 11.3 Å². The molecule has 3 aliphatic heterocycles. The number of pyridine rings is 2. The van der Waals surface area contributed by atoms with E-state index in [1.165, 1.54) is 24.5 Å². The van der Waals surface area contributed by atoms with Gasteiger partial charge in [0.1, 0.15) is 12.4 Å². The highest BCUT2D eigenvalue weighted by atomic mass is 32.2. The summed E-state index contributed by atoms with van der Waals surface area (Å²) in [4.78, 5) is 30.1. The molecule has 0 saturated carbocycles. The number of morpholine rings is 1. The van der Waals surface area contributed by atoms with Gasteiger partial charge in [-0.05, 0) is 85.3 Å². The van der Waals surface area contributed by atoms with Crippen LogP contribution in [0, 0.1) is 12.8 Å². The Kier molecular flexibility index (Phi) is 10.8. The van der Waals surface area contributed by atoms with Gasteiger partial charge in [-0.15, -0.1) is 0 Å². The number of nitrogens with one attached hydrogen (secondary N) is 1. The van der Waals surface area contributed by atoms with E-state index in [1.54, 1.807) is 30.6 Å². The molecule has 0 bridgehead atoms. The normalized spacial score (nSPS) is 16.3. The van der Waals surface area contributed by atoms with E-state index in [0.717, 1.165) is 71.1 Å². The van der Waals surface area contributed by atoms with Crippen molar-refractivity contribution in [2.75, 3.05) is 56.7 Å². The summed E-state index contributed by atoms with van der Waals surface area (Å²) in [5.41, 5.74) is 7.16. The van der Waals surface area contributed by atoms with Crippen LogP contribution in [0.4, 0.5) is 16.2 Å². The summed E-state index contributed by atoms with van der Waals surface area (Å²) in [7, 11) is 1.67. The maximum absolute atomic E-state index is 11.6. The Labute approximate surface area is 324 Å². The van der Waals surface area contributed by atoms with Crippen molar-refractivity contribution >= 4 is 41.0 Å². The van der Waals surface area contributed by atoms with Crippen LogP contribution in [0.2, 0.25) is 0 Å². The molecule has 0 aliphatic carbocycles. The van der Waals surface area contributed by atoms with Crippen LogP contribution in [0.3, 0.4) is 0 Å². The van der Waals surface area contributed by atoms with Crippen molar-refractivity contribution < 1.29 is 24.1 Å². The van der Waals surface area contributed by atoms with E-state index in [-0.39, 0.29) is 12.0 Å². The zero-order valence-electron chi connectivity index (χ0n) is 30.4. The van der Waals surface area contributed by atoms with Gasteiger partial charge in [0.05, 0.1) is 37.8 Å². The average Bonchev–Trinajstić information content (AvgIpc) is 3.22. The number of ether oxygens (including phenoxy) is 3. The van der Waals surface area contributed by atoms with Crippen LogP contribution >= 0.6 is 23.5 Å². The first-order valence-electron chi connectivity index (χ1n) is 18.3. The van der Waals surface area contributed by atoms with E-state index in [2.05, 4.69) is 64.8 Å². The fourth-order valence-corrected chi connectivity index (χ4v) is 9.59. The first-order chi connectivity index (χ1) is 26.4. The zero-order chi connectivity index (χ0) is 37.0. The van der Waals surface area contributed by atoms with Gasteiger partial charge >= 0.3 is 6.09 Å². The number of anilines is 2. The molecule has 10 nitrogen and oxygen atoms in total. The summed E-state index contributed by atoms with van der Waals surface area (Å²) < 4.78 is 17.3. The van der Waals surface area contributed by atoms with Gasteiger partial charge in [0.15, 0.2) is 0 Å². The molecule has 54 heavy (non-hydrogen) atoms. The molecular weight excluding hydrogens is 719 g/mol. The Morgan fingerprint density at radius 2 is 1.76 bits per heavy atom. The number of aryl methyl sites for hydroxylation is 1. The highest BCUT2D eigenvalue weighted by Crippen LogP contribution is 2.52. The second kappa shape index (κ2) is 16.2. The quantitative estimate of drug-likeness (QED) is 0.140. The highest BCUT2D eigenvalue weighted by Gasteiger charge is 2.31. The lowest BCUT2D eigenvalue weighted by Crippen LogP contribution is -2.40. The van der Waals surface area contributed by atoms with Gasteiger partial charge in [0.25, 0.3) is 0 Å². The van der Waals surface area contributed by atoms with E-state index in [0.29, 0.717) is 38.8 Å². The fourth-order valence-electron chi connectivity index (χ4n) is 7.18. The molecule has 5 heterocycles. The summed E-state index contributed by atoms with van der Waals surface area (Å²) in [6, 6.07) is 29.3. The molecule has 5 aromatic rings. The molecule has 1 amide bonds. The van der Waals surface area contributed by atoms with Gasteiger partial charge in [-0.1, -0.05) is 53.9 Å². The van der Waals surface area contributed by atoms with E-state index < -0.39 is 6.09 Å². The van der Waals surface area contributed by atoms with E-state index in [9.17, 15) is 9.90 Å². The third-order valence-corrected chi connectivity index (χ3v) is 12.8. The van der Waals surface area contributed by atoms with Gasteiger partial charge in [-0.25, -0.2) is 9.78 Å². The Morgan fingerprint density at radius 3 is 2.50 bits per heavy atom. The van der Waals surface area contributed by atoms with Crippen LogP contribution in [0.1, 0.15) is 35.7 Å². The number of nitrogens with zero attached hydrogens (tertiary/aromatic N) is 4. The van der Waals surface area contributed by atoms with Gasteiger partial charge in [-0.3, -0.25) is 4.98 Å². The number of amides is 1. The molecule has 1 unspecified atom stereocenters. The van der Waals surface area contributed by atoms with E-state index >= 15 is 0 Å². The number of aromatic nitrogens is 2. The molecule has 2 N–H and O–H groups in total. The van der Waals surface area contributed by atoms with Crippen molar-refractivity contribution in [2.24, 2.45) is 5.92 Å². The Bertz CT molecular complexity index is 2100. The second-order valence-corrected chi connectivity index (χ2v) is 15.9. The van der Waals surface area contributed by atoms with Gasteiger partial charge in [-0.2, -0.15) is 0 Å². The number of methoxy groups -OCH3 is 1. The minimum Gasteiger partial charge on any atom is -0.497 e. The van der Waals surface area contributed by atoms with Crippen molar-refractivity contribution in [1.82, 2.24) is 14.9 Å². The third kappa shape index (κ3) is 8.11. The predicted molar refractivity (Wildman–Crippen MR) is 212 cm³/mol. The molecule has 0 spiro atoms. The van der Waals surface area contributed by atoms with Crippen molar-refractivity contribution in [3.8, 4) is 22.9 Å².